The quantitative estimate of drug-likeness (QED) is 0.540. The van der Waals surface area contributed by atoms with Crippen molar-refractivity contribution in [2.75, 3.05) is 19.5 Å². The zero-order valence-corrected chi connectivity index (χ0v) is 17.2. The lowest BCUT2D eigenvalue weighted by Gasteiger charge is -2.14. The van der Waals surface area contributed by atoms with E-state index in [1.165, 1.54) is 0 Å². The fraction of sp³-hybridized carbons (Fsp3) is 0.136. The van der Waals surface area contributed by atoms with Crippen molar-refractivity contribution in [2.24, 2.45) is 0 Å². The van der Waals surface area contributed by atoms with Crippen molar-refractivity contribution in [1.29, 1.82) is 0 Å². The maximum Gasteiger partial charge on any atom is 0.259 e. The van der Waals surface area contributed by atoms with E-state index in [1.54, 1.807) is 50.6 Å². The van der Waals surface area contributed by atoms with Gasteiger partial charge in [0.2, 0.25) is 0 Å². The Morgan fingerprint density at radius 3 is 2.43 bits per heavy atom. The lowest BCUT2D eigenvalue weighted by atomic mass is 10.1. The maximum atomic E-state index is 12.8. The number of nitrogens with one attached hydrogen (secondary N) is 1. The number of para-hydroxylation sites is 1. The first-order chi connectivity index (χ1) is 13.6. The van der Waals surface area contributed by atoms with Gasteiger partial charge in [-0.3, -0.25) is 4.79 Å². The predicted octanol–water partition coefficient (Wildman–Crippen LogP) is 5.30. The van der Waals surface area contributed by atoms with Gasteiger partial charge in [0.05, 0.1) is 25.5 Å². The van der Waals surface area contributed by atoms with E-state index < -0.39 is 0 Å². The second-order valence-corrected chi connectivity index (χ2v) is 6.75. The van der Waals surface area contributed by atoms with Gasteiger partial charge in [0, 0.05) is 16.1 Å². The summed E-state index contributed by atoms with van der Waals surface area (Å²) >= 11 is 3.51. The normalized spacial score (nSPS) is 10.2. The highest BCUT2D eigenvalue weighted by molar-refractivity contribution is 9.10. The van der Waals surface area contributed by atoms with E-state index >= 15 is 0 Å². The molecule has 0 aliphatic heterocycles. The van der Waals surface area contributed by atoms with Crippen LogP contribution in [0.1, 0.15) is 15.9 Å². The highest BCUT2D eigenvalue weighted by Gasteiger charge is 2.15. The molecule has 0 aliphatic rings. The molecule has 0 radical (unpaired) electrons. The molecular formula is C22H20BrNO4. The van der Waals surface area contributed by atoms with Gasteiger partial charge in [-0.15, -0.1) is 0 Å². The minimum Gasteiger partial charge on any atom is -0.497 e. The van der Waals surface area contributed by atoms with Gasteiger partial charge in [0.1, 0.15) is 23.9 Å². The standard InChI is InChI=1S/C22H20BrNO4/c1-26-16-11-12-19(21(13-16)27-2)24-22(25)17-8-4-6-10-20(17)28-14-15-7-3-5-9-18(15)23/h3-13H,14H2,1-2H3,(H,24,25). The number of ether oxygens (including phenoxy) is 3. The van der Waals surface area contributed by atoms with E-state index in [4.69, 9.17) is 14.2 Å². The van der Waals surface area contributed by atoms with Gasteiger partial charge in [0.15, 0.2) is 0 Å². The maximum absolute atomic E-state index is 12.8. The number of hydrogen-bond acceptors (Lipinski definition) is 4. The fourth-order valence-corrected chi connectivity index (χ4v) is 3.04. The molecule has 3 rings (SSSR count). The number of carbonyl (C=O) groups is 1. The third-order valence-electron chi connectivity index (χ3n) is 4.13. The van der Waals surface area contributed by atoms with Crippen LogP contribution in [0.3, 0.4) is 0 Å². The van der Waals surface area contributed by atoms with Gasteiger partial charge in [0.25, 0.3) is 5.91 Å². The zero-order chi connectivity index (χ0) is 19.9. The van der Waals surface area contributed by atoms with Gasteiger partial charge in [-0.05, 0) is 30.3 Å². The molecule has 0 unspecified atom stereocenters. The molecule has 3 aromatic rings. The zero-order valence-electron chi connectivity index (χ0n) is 15.6. The van der Waals surface area contributed by atoms with Crippen molar-refractivity contribution in [3.8, 4) is 17.2 Å². The average Bonchev–Trinajstić information content (AvgIpc) is 2.73. The Labute approximate surface area is 172 Å². The van der Waals surface area contributed by atoms with Crippen LogP contribution in [0.15, 0.2) is 71.2 Å². The van der Waals surface area contributed by atoms with Crippen LogP contribution in [0.25, 0.3) is 0 Å². The summed E-state index contributed by atoms with van der Waals surface area (Å²) in [7, 11) is 3.12. The van der Waals surface area contributed by atoms with E-state index in [2.05, 4.69) is 21.2 Å². The monoisotopic (exact) mass is 441 g/mol. The lowest BCUT2D eigenvalue weighted by molar-refractivity contribution is 0.102. The van der Waals surface area contributed by atoms with Crippen LogP contribution in [-0.2, 0) is 6.61 Å². The van der Waals surface area contributed by atoms with Gasteiger partial charge >= 0.3 is 0 Å². The Morgan fingerprint density at radius 2 is 1.68 bits per heavy atom. The van der Waals surface area contributed by atoms with Crippen LogP contribution in [0, 0.1) is 0 Å². The number of amides is 1. The third-order valence-corrected chi connectivity index (χ3v) is 4.90. The van der Waals surface area contributed by atoms with Crippen molar-refractivity contribution in [1.82, 2.24) is 0 Å². The number of methoxy groups -OCH3 is 2. The van der Waals surface area contributed by atoms with Crippen LogP contribution in [0.4, 0.5) is 5.69 Å². The molecule has 5 nitrogen and oxygen atoms in total. The Hall–Kier alpha value is -2.99. The molecule has 1 amide bonds. The number of halogens is 1. The van der Waals surface area contributed by atoms with Crippen LogP contribution in [-0.4, -0.2) is 20.1 Å². The molecular weight excluding hydrogens is 422 g/mol. The second kappa shape index (κ2) is 9.28. The van der Waals surface area contributed by atoms with Crippen molar-refractivity contribution in [3.05, 3.63) is 82.3 Å². The first-order valence-corrected chi connectivity index (χ1v) is 9.40. The van der Waals surface area contributed by atoms with E-state index in [1.807, 2.05) is 30.3 Å². The molecule has 3 aromatic carbocycles. The average molecular weight is 442 g/mol. The number of anilines is 1. The Morgan fingerprint density at radius 1 is 0.929 bits per heavy atom. The summed E-state index contributed by atoms with van der Waals surface area (Å²) in [6, 6.07) is 20.1. The van der Waals surface area contributed by atoms with E-state index in [-0.39, 0.29) is 5.91 Å². The van der Waals surface area contributed by atoms with Gasteiger partial charge < -0.3 is 19.5 Å². The van der Waals surface area contributed by atoms with Crippen molar-refractivity contribution in [3.63, 3.8) is 0 Å². The van der Waals surface area contributed by atoms with Crippen LogP contribution < -0.4 is 19.5 Å². The van der Waals surface area contributed by atoms with Crippen LogP contribution in [0.5, 0.6) is 17.2 Å². The smallest absolute Gasteiger partial charge is 0.259 e. The first-order valence-electron chi connectivity index (χ1n) is 8.61. The Bertz CT molecular complexity index is 974. The summed E-state index contributed by atoms with van der Waals surface area (Å²) in [6.07, 6.45) is 0. The first kappa shape index (κ1) is 19.8. The number of hydrogen-bond donors (Lipinski definition) is 1. The molecule has 0 saturated carbocycles. The van der Waals surface area contributed by atoms with E-state index in [0.29, 0.717) is 35.1 Å². The summed E-state index contributed by atoms with van der Waals surface area (Å²) in [4.78, 5) is 12.8. The molecule has 0 saturated heterocycles. The molecule has 0 bridgehead atoms. The van der Waals surface area contributed by atoms with Crippen LogP contribution >= 0.6 is 15.9 Å². The summed E-state index contributed by atoms with van der Waals surface area (Å²) in [5.41, 5.74) is 1.98. The molecule has 28 heavy (non-hydrogen) atoms. The van der Waals surface area contributed by atoms with Crippen LogP contribution in [0.2, 0.25) is 0 Å². The SMILES string of the molecule is COc1ccc(NC(=O)c2ccccc2OCc2ccccc2Br)c(OC)c1. The minimum atomic E-state index is -0.286. The summed E-state index contributed by atoms with van der Waals surface area (Å²) in [6.45, 7) is 0.345. The minimum absolute atomic E-state index is 0.286. The number of benzene rings is 3. The van der Waals surface area contributed by atoms with Crippen molar-refractivity contribution >= 4 is 27.5 Å². The largest absolute Gasteiger partial charge is 0.497 e. The van der Waals surface area contributed by atoms with E-state index in [9.17, 15) is 4.79 Å². The van der Waals surface area contributed by atoms with Gasteiger partial charge in [-0.25, -0.2) is 0 Å². The van der Waals surface area contributed by atoms with Gasteiger partial charge in [-0.1, -0.05) is 46.3 Å². The highest BCUT2D eigenvalue weighted by atomic mass is 79.9. The van der Waals surface area contributed by atoms with Crippen molar-refractivity contribution in [2.45, 2.75) is 6.61 Å². The summed E-state index contributed by atoms with van der Waals surface area (Å²) in [5.74, 6) is 1.38. The lowest BCUT2D eigenvalue weighted by Crippen LogP contribution is -2.14. The summed E-state index contributed by atoms with van der Waals surface area (Å²) < 4.78 is 17.4. The fourth-order valence-electron chi connectivity index (χ4n) is 2.64. The number of carbonyl (C=O) groups excluding carboxylic acids is 1. The molecule has 0 aliphatic carbocycles. The second-order valence-electron chi connectivity index (χ2n) is 5.90. The molecule has 0 aromatic heterocycles. The molecule has 0 fully saturated rings. The molecule has 0 atom stereocenters. The molecule has 1 N–H and O–H groups in total. The molecule has 144 valence electrons. The van der Waals surface area contributed by atoms with Gasteiger partial charge in [-0.2, -0.15) is 0 Å². The topological polar surface area (TPSA) is 56.8 Å². The predicted molar refractivity (Wildman–Crippen MR) is 112 cm³/mol. The Balaban J connectivity index is 1.79. The Kier molecular flexibility index (Phi) is 6.55. The van der Waals surface area contributed by atoms with Crippen molar-refractivity contribution < 1.29 is 19.0 Å². The molecule has 6 heteroatoms. The highest BCUT2D eigenvalue weighted by Crippen LogP contribution is 2.30. The summed E-state index contributed by atoms with van der Waals surface area (Å²) in [5, 5.41) is 2.87. The molecule has 0 heterocycles. The molecule has 0 spiro atoms. The van der Waals surface area contributed by atoms with E-state index in [0.717, 1.165) is 10.0 Å². The number of rotatable bonds is 7. The third kappa shape index (κ3) is 4.64.